The third-order valence-electron chi connectivity index (χ3n) is 6.63. The Labute approximate surface area is 191 Å². The van der Waals surface area contributed by atoms with Gasteiger partial charge in [-0.05, 0) is 54.0 Å². The molecule has 0 amide bonds. The predicted octanol–water partition coefficient (Wildman–Crippen LogP) is 3.73. The molecule has 2 aromatic carbocycles. The number of hydrogen-bond donors (Lipinski definition) is 0. The van der Waals surface area contributed by atoms with Crippen molar-refractivity contribution in [1.82, 2.24) is 30.0 Å². The summed E-state index contributed by atoms with van der Waals surface area (Å²) in [4.78, 5) is 5.03. The van der Waals surface area contributed by atoms with Gasteiger partial charge < -0.3 is 4.74 Å². The molecule has 7 nitrogen and oxygen atoms in total. The van der Waals surface area contributed by atoms with Gasteiger partial charge in [0.2, 0.25) is 0 Å². The van der Waals surface area contributed by atoms with E-state index in [1.807, 2.05) is 16.8 Å². The zero-order valence-corrected chi connectivity index (χ0v) is 19.6. The van der Waals surface area contributed by atoms with Gasteiger partial charge in [-0.2, -0.15) is 0 Å². The highest BCUT2D eigenvalue weighted by molar-refractivity contribution is 5.32. The van der Waals surface area contributed by atoms with Gasteiger partial charge in [-0.15, -0.1) is 5.10 Å². The minimum absolute atomic E-state index is 0.000561. The fraction of sp³-hybridized carbons (Fsp3) is 0.480. The second-order valence-corrected chi connectivity index (χ2v) is 9.09. The maximum absolute atomic E-state index is 5.39. The normalized spacial score (nSPS) is 16.8. The molecular weight excluding hydrogens is 400 g/mol. The lowest BCUT2D eigenvalue weighted by molar-refractivity contribution is 0.0972. The van der Waals surface area contributed by atoms with E-state index < -0.39 is 0 Å². The summed E-state index contributed by atoms with van der Waals surface area (Å²) in [5.74, 6) is 1.76. The molecular formula is C25H34N6O. The predicted molar refractivity (Wildman–Crippen MR) is 126 cm³/mol. The first-order chi connectivity index (χ1) is 15.5. The zero-order chi connectivity index (χ0) is 22.6. The van der Waals surface area contributed by atoms with Gasteiger partial charge in [-0.1, -0.05) is 49.4 Å². The Morgan fingerprint density at radius 3 is 2.28 bits per heavy atom. The van der Waals surface area contributed by atoms with Crippen molar-refractivity contribution >= 4 is 0 Å². The van der Waals surface area contributed by atoms with Crippen molar-refractivity contribution < 1.29 is 4.74 Å². The van der Waals surface area contributed by atoms with Crippen molar-refractivity contribution in [3.8, 4) is 5.75 Å². The third-order valence-corrected chi connectivity index (χ3v) is 6.63. The first-order valence-electron chi connectivity index (χ1n) is 11.4. The molecule has 4 rings (SSSR count). The van der Waals surface area contributed by atoms with Crippen LogP contribution in [-0.2, 0) is 12.1 Å². The minimum atomic E-state index is -0.154. The van der Waals surface area contributed by atoms with Gasteiger partial charge in [0.05, 0.1) is 18.7 Å². The average molecular weight is 435 g/mol. The number of piperazine rings is 1. The van der Waals surface area contributed by atoms with Crippen LogP contribution in [0.5, 0.6) is 5.75 Å². The van der Waals surface area contributed by atoms with Crippen LogP contribution in [0.2, 0.25) is 0 Å². The Kier molecular flexibility index (Phi) is 6.86. The van der Waals surface area contributed by atoms with E-state index in [9.17, 15) is 0 Å². The van der Waals surface area contributed by atoms with Crippen LogP contribution in [0.4, 0.5) is 0 Å². The minimum Gasteiger partial charge on any atom is -0.497 e. The number of rotatable bonds is 8. The Morgan fingerprint density at radius 1 is 0.969 bits per heavy atom. The molecule has 1 aliphatic heterocycles. The van der Waals surface area contributed by atoms with Gasteiger partial charge in [0.1, 0.15) is 5.75 Å². The van der Waals surface area contributed by atoms with Gasteiger partial charge in [0, 0.05) is 32.7 Å². The van der Waals surface area contributed by atoms with E-state index in [2.05, 4.69) is 88.6 Å². The monoisotopic (exact) mass is 434 g/mol. The van der Waals surface area contributed by atoms with Gasteiger partial charge in [-0.3, -0.25) is 9.80 Å². The zero-order valence-electron chi connectivity index (χ0n) is 19.6. The van der Waals surface area contributed by atoms with E-state index in [1.165, 1.54) is 11.1 Å². The second kappa shape index (κ2) is 9.79. The van der Waals surface area contributed by atoms with Crippen molar-refractivity contribution in [2.24, 2.45) is 0 Å². The van der Waals surface area contributed by atoms with Crippen molar-refractivity contribution in [3.05, 3.63) is 71.5 Å². The van der Waals surface area contributed by atoms with Crippen LogP contribution in [0.25, 0.3) is 0 Å². The van der Waals surface area contributed by atoms with Crippen LogP contribution < -0.4 is 4.74 Å². The van der Waals surface area contributed by atoms with Crippen LogP contribution in [0.3, 0.4) is 0 Å². The number of ether oxygens (including phenoxy) is 1. The molecule has 0 radical (unpaired) electrons. The lowest BCUT2D eigenvalue weighted by atomic mass is 9.99. The number of methoxy groups -OCH3 is 1. The van der Waals surface area contributed by atoms with Gasteiger partial charge in [-0.25, -0.2) is 4.68 Å². The highest BCUT2D eigenvalue weighted by atomic mass is 16.5. The average Bonchev–Trinajstić information content (AvgIpc) is 3.32. The van der Waals surface area contributed by atoms with E-state index in [4.69, 9.17) is 4.74 Å². The fourth-order valence-electron chi connectivity index (χ4n) is 4.28. The number of tetrazole rings is 1. The Hall–Kier alpha value is -2.77. The van der Waals surface area contributed by atoms with Crippen LogP contribution >= 0.6 is 0 Å². The van der Waals surface area contributed by atoms with Crippen LogP contribution in [-0.4, -0.2) is 63.3 Å². The molecule has 1 saturated heterocycles. The summed E-state index contributed by atoms with van der Waals surface area (Å²) in [7, 11) is 1.70. The van der Waals surface area contributed by atoms with Gasteiger partial charge >= 0.3 is 0 Å². The van der Waals surface area contributed by atoms with E-state index >= 15 is 0 Å². The Morgan fingerprint density at radius 2 is 1.66 bits per heavy atom. The first-order valence-corrected chi connectivity index (χ1v) is 11.4. The molecule has 1 aliphatic rings. The summed E-state index contributed by atoms with van der Waals surface area (Å²) >= 11 is 0. The topological polar surface area (TPSA) is 59.3 Å². The summed E-state index contributed by atoms with van der Waals surface area (Å²) in [5.41, 5.74) is 2.39. The highest BCUT2D eigenvalue weighted by Crippen LogP contribution is 2.32. The van der Waals surface area contributed by atoms with Crippen molar-refractivity contribution in [2.75, 3.05) is 33.3 Å². The first kappa shape index (κ1) is 22.4. The van der Waals surface area contributed by atoms with Gasteiger partial charge in [0.25, 0.3) is 0 Å². The standard InChI is InChI=1S/C25H34N6O/c1-5-25(2,3)31-24(26-27-28-31)23(21-11-13-22(32-4)14-12-21)30-17-15-29(16-18-30)19-20-9-7-6-8-10-20/h6-14,23H,5,15-19H2,1-4H3. The summed E-state index contributed by atoms with van der Waals surface area (Å²) < 4.78 is 7.40. The lowest BCUT2D eigenvalue weighted by Crippen LogP contribution is -2.48. The number of benzene rings is 2. The van der Waals surface area contributed by atoms with Gasteiger partial charge in [0.15, 0.2) is 5.82 Å². The van der Waals surface area contributed by atoms with Crippen molar-refractivity contribution in [1.29, 1.82) is 0 Å². The SMILES string of the molecule is CCC(C)(C)n1nnnc1C(c1ccc(OC)cc1)N1CCN(Cc2ccccc2)CC1. The molecule has 3 aromatic rings. The van der Waals surface area contributed by atoms with E-state index in [-0.39, 0.29) is 11.6 Å². The molecule has 0 aliphatic carbocycles. The summed E-state index contributed by atoms with van der Waals surface area (Å²) in [5, 5.41) is 13.0. The molecule has 1 unspecified atom stereocenters. The molecule has 0 saturated carbocycles. The molecule has 0 spiro atoms. The molecule has 1 atom stereocenters. The molecule has 7 heteroatoms. The second-order valence-electron chi connectivity index (χ2n) is 9.09. The molecule has 32 heavy (non-hydrogen) atoms. The van der Waals surface area contributed by atoms with E-state index in [0.717, 1.165) is 50.7 Å². The number of aromatic nitrogens is 4. The van der Waals surface area contributed by atoms with Crippen LogP contribution in [0.15, 0.2) is 54.6 Å². The van der Waals surface area contributed by atoms with Crippen LogP contribution in [0, 0.1) is 0 Å². The molecule has 1 aromatic heterocycles. The lowest BCUT2D eigenvalue weighted by Gasteiger charge is -2.39. The largest absolute Gasteiger partial charge is 0.497 e. The number of hydrogen-bond acceptors (Lipinski definition) is 6. The number of nitrogens with zero attached hydrogens (tertiary/aromatic N) is 6. The molecule has 170 valence electrons. The molecule has 0 bridgehead atoms. The fourth-order valence-corrected chi connectivity index (χ4v) is 4.28. The van der Waals surface area contributed by atoms with Crippen LogP contribution in [0.1, 0.15) is 50.2 Å². The summed E-state index contributed by atoms with van der Waals surface area (Å²) in [6.07, 6.45) is 0.950. The highest BCUT2D eigenvalue weighted by Gasteiger charge is 2.34. The maximum Gasteiger partial charge on any atom is 0.173 e. The summed E-state index contributed by atoms with van der Waals surface area (Å²) in [6.45, 7) is 11.5. The molecule has 1 fully saturated rings. The third kappa shape index (κ3) is 4.84. The summed E-state index contributed by atoms with van der Waals surface area (Å²) in [6, 6.07) is 19.0. The van der Waals surface area contributed by atoms with Crippen molar-refractivity contribution in [3.63, 3.8) is 0 Å². The van der Waals surface area contributed by atoms with E-state index in [1.54, 1.807) is 7.11 Å². The maximum atomic E-state index is 5.39. The Balaban J connectivity index is 1.59. The molecule has 0 N–H and O–H groups in total. The quantitative estimate of drug-likeness (QED) is 0.538. The van der Waals surface area contributed by atoms with E-state index in [0.29, 0.717) is 0 Å². The Bertz CT molecular complexity index is 977. The van der Waals surface area contributed by atoms with Crippen molar-refractivity contribution in [2.45, 2.75) is 45.3 Å². The molecule has 2 heterocycles. The smallest absolute Gasteiger partial charge is 0.173 e.